The molecule has 0 aromatic heterocycles. The van der Waals surface area contributed by atoms with E-state index < -0.39 is 22.5 Å². The van der Waals surface area contributed by atoms with Crippen LogP contribution in [0.3, 0.4) is 0 Å². The normalized spacial score (nSPS) is 24.4. The molecular weight excluding hydrogens is 230 g/mol. The highest BCUT2D eigenvalue weighted by Crippen LogP contribution is 2.22. The Labute approximate surface area is 94.4 Å². The molecule has 1 saturated heterocycles. The van der Waals surface area contributed by atoms with Gasteiger partial charge in [-0.05, 0) is 19.1 Å². The molecule has 88 valence electrons. The molecule has 0 bridgehead atoms. The molecule has 0 radical (unpaired) electrons. The summed E-state index contributed by atoms with van der Waals surface area (Å²) in [6.07, 6.45) is -1.04. The summed E-state index contributed by atoms with van der Waals surface area (Å²) in [7, 11) is -2.05. The van der Waals surface area contributed by atoms with Gasteiger partial charge in [-0.1, -0.05) is 17.7 Å². The quantitative estimate of drug-likeness (QED) is 0.786. The van der Waals surface area contributed by atoms with Crippen molar-refractivity contribution in [3.05, 3.63) is 29.8 Å². The summed E-state index contributed by atoms with van der Waals surface area (Å²) in [5.41, 5.74) is 1.01. The third kappa shape index (κ3) is 2.41. The number of aryl methyl sites for hydroxylation is 1. The van der Waals surface area contributed by atoms with Crippen molar-refractivity contribution >= 4 is 10.0 Å². The van der Waals surface area contributed by atoms with E-state index in [2.05, 4.69) is 4.72 Å². The molecule has 16 heavy (non-hydrogen) atoms. The Hall–Kier alpha value is -0.950. The Morgan fingerprint density at radius 3 is 2.44 bits per heavy atom. The third-order valence-corrected chi connectivity index (χ3v) is 3.72. The van der Waals surface area contributed by atoms with Gasteiger partial charge in [0.15, 0.2) is 12.5 Å². The maximum absolute atomic E-state index is 11.8. The summed E-state index contributed by atoms with van der Waals surface area (Å²) in [4.78, 5) is 0.225. The zero-order chi connectivity index (χ0) is 11.8. The van der Waals surface area contributed by atoms with E-state index in [4.69, 9.17) is 9.47 Å². The molecule has 2 atom stereocenters. The number of rotatable bonds is 4. The lowest BCUT2D eigenvalue weighted by Crippen LogP contribution is -2.28. The summed E-state index contributed by atoms with van der Waals surface area (Å²) < 4.78 is 35.8. The van der Waals surface area contributed by atoms with Gasteiger partial charge in [0.05, 0.1) is 4.90 Å². The average Bonchev–Trinajstić information content (AvgIpc) is 2.96. The molecule has 6 heteroatoms. The van der Waals surface area contributed by atoms with Gasteiger partial charge in [-0.3, -0.25) is 0 Å². The Kier molecular flexibility index (Phi) is 2.98. The maximum atomic E-state index is 11.8. The highest BCUT2D eigenvalue weighted by atomic mass is 32.2. The molecule has 0 amide bonds. The molecule has 1 fully saturated rings. The lowest BCUT2D eigenvalue weighted by Gasteiger charge is -2.04. The van der Waals surface area contributed by atoms with E-state index in [1.165, 1.54) is 7.11 Å². The van der Waals surface area contributed by atoms with Crippen molar-refractivity contribution in [2.45, 2.75) is 24.3 Å². The fourth-order valence-corrected chi connectivity index (χ4v) is 2.40. The molecule has 0 spiro atoms. The molecular formula is C10H13NO4S. The van der Waals surface area contributed by atoms with Crippen LogP contribution < -0.4 is 4.72 Å². The van der Waals surface area contributed by atoms with Gasteiger partial charge in [0.1, 0.15) is 0 Å². The third-order valence-electron chi connectivity index (χ3n) is 2.29. The van der Waals surface area contributed by atoms with Crippen molar-refractivity contribution in [1.82, 2.24) is 4.72 Å². The van der Waals surface area contributed by atoms with Crippen LogP contribution in [-0.4, -0.2) is 28.0 Å². The Morgan fingerprint density at radius 1 is 1.31 bits per heavy atom. The summed E-state index contributed by atoms with van der Waals surface area (Å²) >= 11 is 0. The highest BCUT2D eigenvalue weighted by molar-refractivity contribution is 7.89. The topological polar surface area (TPSA) is 67.9 Å². The number of methoxy groups -OCH3 is 1. The molecule has 1 aromatic carbocycles. The van der Waals surface area contributed by atoms with Gasteiger partial charge < -0.3 is 9.47 Å². The van der Waals surface area contributed by atoms with Crippen molar-refractivity contribution < 1.29 is 17.9 Å². The monoisotopic (exact) mass is 243 g/mol. The molecule has 1 aliphatic heterocycles. The van der Waals surface area contributed by atoms with Gasteiger partial charge in [0, 0.05) is 7.11 Å². The maximum Gasteiger partial charge on any atom is 0.242 e. The van der Waals surface area contributed by atoms with Crippen molar-refractivity contribution in [3.8, 4) is 0 Å². The summed E-state index contributed by atoms with van der Waals surface area (Å²) in [6.45, 7) is 1.90. The minimum absolute atomic E-state index is 0.225. The average molecular weight is 243 g/mol. The van der Waals surface area contributed by atoms with Crippen LogP contribution in [0.4, 0.5) is 0 Å². The molecule has 2 unspecified atom stereocenters. The van der Waals surface area contributed by atoms with E-state index in [1.807, 2.05) is 6.92 Å². The lowest BCUT2D eigenvalue weighted by atomic mass is 10.2. The standard InChI is InChI=1S/C10H13NO4S/c1-7-3-5-8(6-4-7)16(12,13)11-9-10(14-2)15-9/h3-6,9-11H,1-2H3. The van der Waals surface area contributed by atoms with Crippen molar-refractivity contribution in [2.24, 2.45) is 0 Å². The Morgan fingerprint density at radius 2 is 1.94 bits per heavy atom. The molecule has 0 saturated carbocycles. The first-order valence-electron chi connectivity index (χ1n) is 4.80. The van der Waals surface area contributed by atoms with Gasteiger partial charge in [-0.15, -0.1) is 0 Å². The zero-order valence-electron chi connectivity index (χ0n) is 9.01. The second kappa shape index (κ2) is 4.14. The number of epoxide rings is 1. The first kappa shape index (κ1) is 11.5. The van der Waals surface area contributed by atoms with E-state index in [-0.39, 0.29) is 4.90 Å². The molecule has 2 rings (SSSR count). The fraction of sp³-hybridized carbons (Fsp3) is 0.400. The van der Waals surface area contributed by atoms with Crippen LogP contribution in [0.2, 0.25) is 0 Å². The summed E-state index contributed by atoms with van der Waals surface area (Å²) in [5.74, 6) is 0. The predicted octanol–water partition coefficient (Wildman–Crippen LogP) is 0.602. The molecule has 5 nitrogen and oxygen atoms in total. The molecule has 0 aliphatic carbocycles. The van der Waals surface area contributed by atoms with E-state index in [9.17, 15) is 8.42 Å². The highest BCUT2D eigenvalue weighted by Gasteiger charge is 2.42. The predicted molar refractivity (Wildman–Crippen MR) is 57.2 cm³/mol. The number of ether oxygens (including phenoxy) is 2. The van der Waals surface area contributed by atoms with Crippen LogP contribution in [0.25, 0.3) is 0 Å². The van der Waals surface area contributed by atoms with E-state index >= 15 is 0 Å². The lowest BCUT2D eigenvalue weighted by molar-refractivity contribution is 0.0950. The molecule has 1 N–H and O–H groups in total. The Bertz CT molecular complexity index is 468. The smallest absolute Gasteiger partial charge is 0.242 e. The molecule has 1 aliphatic rings. The zero-order valence-corrected chi connectivity index (χ0v) is 9.82. The van der Waals surface area contributed by atoms with Crippen LogP contribution in [0, 0.1) is 6.92 Å². The number of benzene rings is 1. The number of hydrogen-bond acceptors (Lipinski definition) is 4. The van der Waals surface area contributed by atoms with E-state index in [0.717, 1.165) is 5.56 Å². The van der Waals surface area contributed by atoms with Crippen molar-refractivity contribution in [3.63, 3.8) is 0 Å². The van der Waals surface area contributed by atoms with Crippen molar-refractivity contribution in [2.75, 3.05) is 7.11 Å². The van der Waals surface area contributed by atoms with Gasteiger partial charge in [-0.25, -0.2) is 8.42 Å². The van der Waals surface area contributed by atoms with Gasteiger partial charge >= 0.3 is 0 Å². The summed E-state index contributed by atoms with van der Waals surface area (Å²) in [6, 6.07) is 6.61. The Balaban J connectivity index is 2.10. The fourth-order valence-electron chi connectivity index (χ4n) is 1.30. The SMILES string of the molecule is COC1OC1NS(=O)(=O)c1ccc(C)cc1. The number of nitrogens with one attached hydrogen (secondary N) is 1. The van der Waals surface area contributed by atoms with Gasteiger partial charge in [0.2, 0.25) is 10.0 Å². The minimum Gasteiger partial charge on any atom is -0.352 e. The van der Waals surface area contributed by atoms with Crippen LogP contribution >= 0.6 is 0 Å². The second-order valence-electron chi connectivity index (χ2n) is 3.60. The number of hydrogen-bond donors (Lipinski definition) is 1. The van der Waals surface area contributed by atoms with Crippen LogP contribution in [0.15, 0.2) is 29.2 Å². The van der Waals surface area contributed by atoms with Crippen LogP contribution in [0.1, 0.15) is 5.56 Å². The minimum atomic E-state index is -3.51. The van der Waals surface area contributed by atoms with Crippen LogP contribution in [0.5, 0.6) is 0 Å². The summed E-state index contributed by atoms with van der Waals surface area (Å²) in [5, 5.41) is 0. The van der Waals surface area contributed by atoms with E-state index in [1.54, 1.807) is 24.3 Å². The van der Waals surface area contributed by atoms with Gasteiger partial charge in [-0.2, -0.15) is 4.72 Å². The second-order valence-corrected chi connectivity index (χ2v) is 5.31. The molecule has 1 aromatic rings. The van der Waals surface area contributed by atoms with E-state index in [0.29, 0.717) is 0 Å². The largest absolute Gasteiger partial charge is 0.352 e. The first-order valence-corrected chi connectivity index (χ1v) is 6.28. The van der Waals surface area contributed by atoms with Crippen molar-refractivity contribution in [1.29, 1.82) is 0 Å². The first-order chi connectivity index (χ1) is 7.53. The molecule has 1 heterocycles. The van der Waals surface area contributed by atoms with Gasteiger partial charge in [0.25, 0.3) is 0 Å². The number of sulfonamides is 1. The van der Waals surface area contributed by atoms with Crippen LogP contribution in [-0.2, 0) is 19.5 Å².